The summed E-state index contributed by atoms with van der Waals surface area (Å²) in [7, 11) is 2.09. The fraction of sp³-hybridized carbons (Fsp3) is 0.538. The normalized spacial score (nSPS) is 11.5. The lowest BCUT2D eigenvalue weighted by molar-refractivity contribution is 0.498. The molecule has 15 heavy (non-hydrogen) atoms. The molecule has 0 aliphatic carbocycles. The van der Waals surface area contributed by atoms with Crippen LogP contribution in [0, 0.1) is 0 Å². The van der Waals surface area contributed by atoms with Gasteiger partial charge in [0.2, 0.25) is 0 Å². The molecule has 2 N–H and O–H groups in total. The average Bonchev–Trinajstić information content (AvgIpc) is 2.28. The number of likely N-dealkylation sites (N-methyl/N-ethyl adjacent to an activating group) is 1. The molecular formula is C13H22N2. The number of hydrogen-bond donors (Lipinski definition) is 1. The van der Waals surface area contributed by atoms with Crippen LogP contribution in [0.4, 0.5) is 5.69 Å². The molecular weight excluding hydrogens is 184 g/mol. The first kappa shape index (κ1) is 12.1. The molecule has 0 bridgehead atoms. The zero-order valence-electron chi connectivity index (χ0n) is 10.2. The molecule has 0 saturated carbocycles. The van der Waals surface area contributed by atoms with Crippen LogP contribution in [0.25, 0.3) is 0 Å². The number of nitrogens with two attached hydrogens (primary N) is 1. The highest BCUT2D eigenvalue weighted by molar-refractivity contribution is 5.49. The number of hydrogen-bond acceptors (Lipinski definition) is 2. The lowest BCUT2D eigenvalue weighted by atomic mass is 10.0. The highest BCUT2D eigenvalue weighted by Crippen LogP contribution is 2.21. The predicted octanol–water partition coefficient (Wildman–Crippen LogP) is 2.42. The second kappa shape index (κ2) is 4.67. The van der Waals surface area contributed by atoms with Crippen molar-refractivity contribution in [1.29, 1.82) is 0 Å². The van der Waals surface area contributed by atoms with Gasteiger partial charge in [-0.25, -0.2) is 0 Å². The summed E-state index contributed by atoms with van der Waals surface area (Å²) >= 11 is 0. The largest absolute Gasteiger partial charge is 0.368 e. The van der Waals surface area contributed by atoms with E-state index in [1.165, 1.54) is 11.3 Å². The third-order valence-corrected chi connectivity index (χ3v) is 3.14. The summed E-state index contributed by atoms with van der Waals surface area (Å²) in [5.41, 5.74) is 8.36. The fourth-order valence-corrected chi connectivity index (χ4v) is 1.44. The van der Waals surface area contributed by atoms with Crippen LogP contribution in [0.5, 0.6) is 0 Å². The van der Waals surface area contributed by atoms with E-state index in [2.05, 4.69) is 57.0 Å². The van der Waals surface area contributed by atoms with Crippen LogP contribution in [0.1, 0.15) is 26.3 Å². The van der Waals surface area contributed by atoms with Crippen LogP contribution < -0.4 is 10.6 Å². The summed E-state index contributed by atoms with van der Waals surface area (Å²) in [5.74, 6) is 0. The van der Waals surface area contributed by atoms with Gasteiger partial charge in [-0.1, -0.05) is 19.1 Å². The van der Waals surface area contributed by atoms with Crippen molar-refractivity contribution in [2.75, 3.05) is 18.5 Å². The summed E-state index contributed by atoms with van der Waals surface area (Å²) < 4.78 is 0. The molecule has 0 atom stereocenters. The van der Waals surface area contributed by atoms with Crippen molar-refractivity contribution in [2.24, 2.45) is 5.73 Å². The van der Waals surface area contributed by atoms with Gasteiger partial charge in [0.25, 0.3) is 0 Å². The van der Waals surface area contributed by atoms with Gasteiger partial charge in [0, 0.05) is 24.8 Å². The Balaban J connectivity index is 2.87. The van der Waals surface area contributed by atoms with Gasteiger partial charge in [-0.15, -0.1) is 0 Å². The maximum absolute atomic E-state index is 5.76. The molecule has 0 spiro atoms. The van der Waals surface area contributed by atoms with Crippen molar-refractivity contribution in [3.63, 3.8) is 0 Å². The van der Waals surface area contributed by atoms with Crippen LogP contribution in [-0.2, 0) is 6.42 Å². The maximum Gasteiger partial charge on any atom is 0.0464 e. The fourth-order valence-electron chi connectivity index (χ4n) is 1.44. The van der Waals surface area contributed by atoms with Gasteiger partial charge in [-0.3, -0.25) is 0 Å². The minimum absolute atomic E-state index is 0.00767. The highest BCUT2D eigenvalue weighted by Gasteiger charge is 2.21. The molecule has 1 aromatic rings. The first-order valence-electron chi connectivity index (χ1n) is 5.54. The van der Waals surface area contributed by atoms with E-state index in [1.54, 1.807) is 0 Å². The van der Waals surface area contributed by atoms with E-state index in [0.29, 0.717) is 6.54 Å². The Morgan fingerprint density at radius 2 is 1.73 bits per heavy atom. The predicted molar refractivity (Wildman–Crippen MR) is 67.4 cm³/mol. The van der Waals surface area contributed by atoms with Gasteiger partial charge in [0.05, 0.1) is 0 Å². The van der Waals surface area contributed by atoms with E-state index in [9.17, 15) is 0 Å². The smallest absolute Gasteiger partial charge is 0.0464 e. The van der Waals surface area contributed by atoms with E-state index >= 15 is 0 Å². The quantitative estimate of drug-likeness (QED) is 0.819. The Morgan fingerprint density at radius 1 is 1.20 bits per heavy atom. The van der Waals surface area contributed by atoms with Crippen molar-refractivity contribution in [3.8, 4) is 0 Å². The van der Waals surface area contributed by atoms with Gasteiger partial charge in [-0.05, 0) is 38.0 Å². The molecule has 2 heteroatoms. The molecule has 2 nitrogen and oxygen atoms in total. The Labute approximate surface area is 93.1 Å². The van der Waals surface area contributed by atoms with E-state index < -0.39 is 0 Å². The van der Waals surface area contributed by atoms with Crippen LogP contribution in [0.15, 0.2) is 24.3 Å². The number of anilines is 1. The zero-order valence-corrected chi connectivity index (χ0v) is 10.2. The molecule has 1 rings (SSSR count). The molecule has 0 aliphatic rings. The van der Waals surface area contributed by atoms with Crippen LogP contribution in [0.3, 0.4) is 0 Å². The molecule has 0 radical (unpaired) electrons. The molecule has 0 unspecified atom stereocenters. The average molecular weight is 206 g/mol. The van der Waals surface area contributed by atoms with Gasteiger partial charge in [0.1, 0.15) is 0 Å². The van der Waals surface area contributed by atoms with Gasteiger partial charge in [0.15, 0.2) is 0 Å². The Hall–Kier alpha value is -1.02. The van der Waals surface area contributed by atoms with E-state index in [1.807, 2.05) is 0 Å². The van der Waals surface area contributed by atoms with Crippen LogP contribution in [-0.4, -0.2) is 19.1 Å². The first-order chi connectivity index (χ1) is 7.01. The van der Waals surface area contributed by atoms with Crippen molar-refractivity contribution < 1.29 is 0 Å². The molecule has 1 aromatic carbocycles. The second-order valence-corrected chi connectivity index (χ2v) is 4.60. The number of aryl methyl sites for hydroxylation is 1. The molecule has 0 saturated heterocycles. The van der Waals surface area contributed by atoms with E-state index in [-0.39, 0.29) is 5.54 Å². The number of nitrogens with zero attached hydrogens (tertiary/aromatic N) is 1. The van der Waals surface area contributed by atoms with Crippen LogP contribution >= 0.6 is 0 Å². The first-order valence-corrected chi connectivity index (χ1v) is 5.54. The highest BCUT2D eigenvalue weighted by atomic mass is 15.2. The van der Waals surface area contributed by atoms with Gasteiger partial charge in [-0.2, -0.15) is 0 Å². The standard InChI is InChI=1S/C13H22N2/c1-5-11-6-8-12(9-7-11)15(4)13(2,3)10-14/h6-9H,5,10,14H2,1-4H3. The summed E-state index contributed by atoms with van der Waals surface area (Å²) in [6.45, 7) is 7.13. The molecule has 0 heterocycles. The maximum atomic E-state index is 5.76. The minimum Gasteiger partial charge on any atom is -0.368 e. The summed E-state index contributed by atoms with van der Waals surface area (Å²) in [6, 6.07) is 8.68. The second-order valence-electron chi connectivity index (χ2n) is 4.60. The van der Waals surface area contributed by atoms with Crippen LogP contribution in [0.2, 0.25) is 0 Å². The van der Waals surface area contributed by atoms with Gasteiger partial charge < -0.3 is 10.6 Å². The number of rotatable bonds is 4. The summed E-state index contributed by atoms with van der Waals surface area (Å²) in [6.07, 6.45) is 1.09. The monoisotopic (exact) mass is 206 g/mol. The molecule has 84 valence electrons. The topological polar surface area (TPSA) is 29.3 Å². The Morgan fingerprint density at radius 3 is 2.13 bits per heavy atom. The third-order valence-electron chi connectivity index (χ3n) is 3.14. The van der Waals surface area contributed by atoms with Crippen molar-refractivity contribution in [2.45, 2.75) is 32.7 Å². The van der Waals surface area contributed by atoms with E-state index in [4.69, 9.17) is 5.73 Å². The summed E-state index contributed by atoms with van der Waals surface area (Å²) in [5, 5.41) is 0. The lowest BCUT2D eigenvalue weighted by Gasteiger charge is -2.36. The Bertz CT molecular complexity index is 301. The lowest BCUT2D eigenvalue weighted by Crippen LogP contribution is -2.47. The number of benzene rings is 1. The van der Waals surface area contributed by atoms with Crippen molar-refractivity contribution >= 4 is 5.69 Å². The van der Waals surface area contributed by atoms with Crippen molar-refractivity contribution in [1.82, 2.24) is 0 Å². The molecule has 0 amide bonds. The molecule has 0 fully saturated rings. The van der Waals surface area contributed by atoms with E-state index in [0.717, 1.165) is 6.42 Å². The zero-order chi connectivity index (χ0) is 11.5. The summed E-state index contributed by atoms with van der Waals surface area (Å²) in [4.78, 5) is 2.23. The minimum atomic E-state index is 0.00767. The molecule has 0 aromatic heterocycles. The Kier molecular flexibility index (Phi) is 3.75. The van der Waals surface area contributed by atoms with Crippen molar-refractivity contribution in [3.05, 3.63) is 29.8 Å². The van der Waals surface area contributed by atoms with Gasteiger partial charge >= 0.3 is 0 Å². The third kappa shape index (κ3) is 2.72. The SMILES string of the molecule is CCc1ccc(N(C)C(C)(C)CN)cc1. The molecule has 0 aliphatic heterocycles.